The van der Waals surface area contributed by atoms with Gasteiger partial charge in [0.2, 0.25) is 70.9 Å². The van der Waals surface area contributed by atoms with E-state index in [0.717, 1.165) is 10.3 Å². The van der Waals surface area contributed by atoms with Gasteiger partial charge in [-0.15, -0.1) is 0 Å². The minimum absolute atomic E-state index is 0.00912. The van der Waals surface area contributed by atoms with E-state index in [1.165, 1.54) is 50.2 Å². The summed E-state index contributed by atoms with van der Waals surface area (Å²) in [6, 6.07) is -8.58. The summed E-state index contributed by atoms with van der Waals surface area (Å²) in [7, 11) is 0. The summed E-state index contributed by atoms with van der Waals surface area (Å²) in [5.41, 5.74) is 8.53. The average Bonchev–Trinajstić information content (AvgIpc) is 1.57. The average molecular weight is 1570 g/mol. The normalized spacial score (nSPS) is 16.6. The maximum atomic E-state index is 14.4. The Hall–Kier alpha value is -8.07. The fourth-order valence-corrected chi connectivity index (χ4v) is 11.5. The maximum absolute atomic E-state index is 14.4. The number of rotatable bonds is 46. The standard InChI is InChI=1S/C62H91N15O21S6/c1-4-18-98-62(97)38(20-32-9-13-34(80)14-10-32)67-39(23-99)50(85)51(86)40(24-100)71-53(88)35(15-16-48(83)84)68-54(89)36(19-31-7-11-33(79)12-8-31)69-57(92)42(26-102)73-58(93)43(27-103)72-55(90)37(21-46(63)81)70-59(94)45-6-5-17-77(45)61(96)29(2)66-56(91)41(25-101)74-60(95)49(30(3)78)75-47(82)22-65-52(87)44(28-104)76-64/h7-14,24,29-30,35-45,49-50,67,76,78-80,85,99,101-104H,4-6,15-23,25-28,64H2,1-3H3,(H2,63,81)(H,65,87)(H,66,91)(H,68,89)(H,69,92)(H,70,94)(H,71,88)(H,72,90)(H,73,93)(H,74,95)(H,75,82)(H,83,84)/t29?,30-,35?,36+,37?,38?,39+,40+,41+,42?,43+,44+,45+,49+,50?/m1/s1. The van der Waals surface area contributed by atoms with Gasteiger partial charge in [0.05, 0.1) is 25.7 Å². The van der Waals surface area contributed by atoms with Gasteiger partial charge in [0.25, 0.3) is 0 Å². The SMILES string of the molecule is CCCOC(=O)C(Cc1ccc(O)cc1)N[C@@H](CS)C(O)C(=O)[C@H](C=S)NC(=O)C(CCC(=O)O)NC(=O)[C@H](Cc1ccc(O)cc1)NC(=O)C(CS)NC(=O)[C@H](CS)NC(=O)C(CC(N)=O)NC(=O)[C@@H]1CCCN1C(=O)C(C)NC(=O)[C@H](CS)NC(=O)[C@@H](NC(=O)CNC(=O)[C@H](CS)NN)[C@@H](C)O. The Morgan fingerprint density at radius 1 is 0.615 bits per heavy atom. The van der Waals surface area contributed by atoms with Crippen molar-refractivity contribution in [1.29, 1.82) is 0 Å². The number of thiol groups is 5. The van der Waals surface area contributed by atoms with Gasteiger partial charge in [-0.3, -0.25) is 83.1 Å². The van der Waals surface area contributed by atoms with Crippen molar-refractivity contribution in [3.8, 4) is 11.5 Å². The van der Waals surface area contributed by atoms with Crippen LogP contribution < -0.4 is 75.5 Å². The molecule has 2 aromatic rings. The second-order valence-electron chi connectivity index (χ2n) is 23.7. The highest BCUT2D eigenvalue weighted by molar-refractivity contribution is 7.81. The molecule has 1 saturated heterocycles. The van der Waals surface area contributed by atoms with Crippen LogP contribution in [0.1, 0.15) is 70.4 Å². The molecule has 0 radical (unpaired) electrons. The molecule has 1 aliphatic rings. The molecule has 1 heterocycles. The molecule has 0 saturated carbocycles. The minimum atomic E-state index is -2.03. The number of likely N-dealkylation sites (tertiary alicyclic amines) is 1. The number of ether oxygens (including phenoxy) is 1. The number of hydrogen-bond donors (Lipinski definition) is 24. The Morgan fingerprint density at radius 3 is 1.58 bits per heavy atom. The number of aliphatic carboxylic acids is 1. The fraction of sp³-hybridized carbons (Fsp3) is 0.548. The van der Waals surface area contributed by atoms with Crippen molar-refractivity contribution in [1.82, 2.24) is 68.8 Å². The van der Waals surface area contributed by atoms with Crippen LogP contribution in [0.2, 0.25) is 0 Å². The monoisotopic (exact) mass is 1570 g/mol. The van der Waals surface area contributed by atoms with E-state index in [1.807, 2.05) is 0 Å². The van der Waals surface area contributed by atoms with Gasteiger partial charge in [0.1, 0.15) is 90.1 Å². The number of carbonyl (C=O) groups excluding carboxylic acids is 14. The molecule has 104 heavy (non-hydrogen) atoms. The summed E-state index contributed by atoms with van der Waals surface area (Å²) in [4.78, 5) is 203. The molecule has 3 rings (SSSR count). The van der Waals surface area contributed by atoms with E-state index in [-0.39, 0.29) is 61.2 Å². The number of aromatic hydroxyl groups is 2. The number of phenols is 2. The van der Waals surface area contributed by atoms with E-state index in [2.05, 4.69) is 127 Å². The Labute approximate surface area is 630 Å². The van der Waals surface area contributed by atoms with E-state index in [9.17, 15) is 97.5 Å². The zero-order valence-corrected chi connectivity index (χ0v) is 62.0. The lowest BCUT2D eigenvalue weighted by Crippen LogP contribution is -2.61. The maximum Gasteiger partial charge on any atom is 0.323 e. The van der Waals surface area contributed by atoms with E-state index >= 15 is 0 Å². The van der Waals surface area contributed by atoms with Gasteiger partial charge in [-0.1, -0.05) is 43.4 Å². The number of aliphatic hydroxyl groups excluding tert-OH is 2. The van der Waals surface area contributed by atoms with E-state index in [4.69, 9.17) is 28.5 Å². The number of carbonyl (C=O) groups is 15. The number of carboxylic acid groups (broad SMARTS) is 1. The van der Waals surface area contributed by atoms with Gasteiger partial charge >= 0.3 is 11.9 Å². The molecule has 0 bridgehead atoms. The molecule has 1 aliphatic heterocycles. The van der Waals surface area contributed by atoms with E-state index in [0.29, 0.717) is 17.5 Å². The number of ketones is 1. The quantitative estimate of drug-likeness (QED) is 0.00963. The molecule has 12 amide bonds. The summed E-state index contributed by atoms with van der Waals surface area (Å²) in [6.07, 6.45) is -5.53. The Kier molecular flexibility index (Phi) is 39.9. The summed E-state index contributed by atoms with van der Waals surface area (Å²) in [5.74, 6) is -12.1. The Balaban J connectivity index is 1.78. The first-order valence-corrected chi connectivity index (χ1v) is 36.0. The van der Waals surface area contributed by atoms with Crippen molar-refractivity contribution >= 4 is 169 Å². The molecule has 36 nitrogen and oxygen atoms in total. The van der Waals surface area contributed by atoms with Crippen molar-refractivity contribution in [2.75, 3.05) is 48.5 Å². The molecule has 2 aromatic carbocycles. The Morgan fingerprint density at radius 2 is 1.10 bits per heavy atom. The highest BCUT2D eigenvalue weighted by atomic mass is 32.1. The van der Waals surface area contributed by atoms with Crippen LogP contribution in [-0.2, 0) is 89.5 Å². The van der Waals surface area contributed by atoms with Crippen molar-refractivity contribution in [2.45, 2.75) is 163 Å². The van der Waals surface area contributed by atoms with Gasteiger partial charge < -0.3 is 94.1 Å². The van der Waals surface area contributed by atoms with Crippen LogP contribution in [0.5, 0.6) is 11.5 Å². The number of Topliss-reactive ketones (excluding diaryl/α,β-unsaturated/α-hetero) is 1. The second-order valence-corrected chi connectivity index (χ2v) is 25.8. The molecule has 0 spiro atoms. The number of esters is 1. The first kappa shape index (κ1) is 90.1. The molecule has 6 unspecified atom stereocenters. The van der Waals surface area contributed by atoms with Crippen molar-refractivity contribution in [3.05, 3.63) is 59.7 Å². The molecule has 42 heteroatoms. The first-order chi connectivity index (χ1) is 49.2. The van der Waals surface area contributed by atoms with Crippen molar-refractivity contribution in [2.24, 2.45) is 11.6 Å². The lowest BCUT2D eigenvalue weighted by atomic mass is 9.99. The van der Waals surface area contributed by atoms with Crippen LogP contribution in [0.3, 0.4) is 0 Å². The summed E-state index contributed by atoms with van der Waals surface area (Å²) in [6.45, 7) is 3.55. The number of phenolic OH excluding ortho intramolecular Hbond substituents is 2. The Bertz CT molecular complexity index is 3330. The predicted octanol–water partition coefficient (Wildman–Crippen LogP) is -6.82. The fourth-order valence-electron chi connectivity index (χ4n) is 9.98. The highest BCUT2D eigenvalue weighted by Gasteiger charge is 2.41. The van der Waals surface area contributed by atoms with Crippen LogP contribution in [0, 0.1) is 0 Å². The lowest BCUT2D eigenvalue weighted by molar-refractivity contribution is -0.147. The largest absolute Gasteiger partial charge is 0.508 e. The van der Waals surface area contributed by atoms with Crippen molar-refractivity contribution in [3.63, 3.8) is 0 Å². The van der Waals surface area contributed by atoms with Crippen LogP contribution in [0.15, 0.2) is 48.5 Å². The number of benzene rings is 2. The van der Waals surface area contributed by atoms with Gasteiger partial charge in [0, 0.05) is 59.6 Å². The van der Waals surface area contributed by atoms with Gasteiger partial charge in [-0.2, -0.15) is 63.1 Å². The third kappa shape index (κ3) is 29.5. The summed E-state index contributed by atoms with van der Waals surface area (Å²) < 4.78 is 5.35. The number of nitrogens with two attached hydrogens (primary N) is 2. The number of hydrazine groups is 1. The number of thiocarbonyl (C=S) groups is 1. The van der Waals surface area contributed by atoms with Crippen molar-refractivity contribution < 1.29 is 102 Å². The smallest absolute Gasteiger partial charge is 0.323 e. The number of aliphatic hydroxyl groups is 2. The van der Waals surface area contributed by atoms with Gasteiger partial charge in [-0.25, -0.2) is 5.43 Å². The molecular formula is C62H91N15O21S6. The van der Waals surface area contributed by atoms with E-state index < -0.39 is 223 Å². The summed E-state index contributed by atoms with van der Waals surface area (Å²) >= 11 is 25.9. The van der Waals surface area contributed by atoms with Crippen LogP contribution in [-0.4, -0.2) is 264 Å². The molecule has 15 atom stereocenters. The zero-order valence-electron chi connectivity index (χ0n) is 56.7. The minimum Gasteiger partial charge on any atom is -0.508 e. The molecule has 1 fully saturated rings. The van der Waals surface area contributed by atoms with Crippen LogP contribution in [0.25, 0.3) is 0 Å². The number of hydrogen-bond acceptors (Lipinski definition) is 29. The predicted molar refractivity (Wildman–Crippen MR) is 394 cm³/mol. The molecular weight excluding hydrogens is 1480 g/mol. The topological polar surface area (TPSA) is 566 Å². The number of nitrogens with zero attached hydrogens (tertiary/aromatic N) is 1. The van der Waals surface area contributed by atoms with Crippen LogP contribution in [0.4, 0.5) is 0 Å². The number of nitrogens with one attached hydrogen (secondary N) is 12. The van der Waals surface area contributed by atoms with Gasteiger partial charge in [0.15, 0.2) is 5.78 Å². The molecule has 0 aliphatic carbocycles. The lowest BCUT2D eigenvalue weighted by Gasteiger charge is -2.30. The first-order valence-electron chi connectivity index (χ1n) is 32.4. The van der Waals surface area contributed by atoms with E-state index in [1.54, 1.807) is 19.1 Å². The van der Waals surface area contributed by atoms with Crippen LogP contribution >= 0.6 is 75.4 Å². The summed E-state index contributed by atoms with van der Waals surface area (Å²) in [5, 5.41) is 78.4. The highest BCUT2D eigenvalue weighted by Crippen LogP contribution is 2.20. The number of carboxylic acids is 1. The number of primary amides is 1. The third-order valence-corrected chi connectivity index (χ3v) is 17.8. The molecule has 0 aromatic heterocycles. The molecule has 21 N–H and O–H groups in total. The molecule has 576 valence electrons. The third-order valence-electron chi connectivity index (χ3n) is 15.7. The van der Waals surface area contributed by atoms with Gasteiger partial charge in [-0.05, 0) is 81.3 Å². The second kappa shape index (κ2) is 46.0. The zero-order chi connectivity index (χ0) is 78.1. The number of amides is 12.